The number of aliphatic hydroxyl groups is 1. The Bertz CT molecular complexity index is 478. The molecule has 1 aromatic heterocycles. The van der Waals surface area contributed by atoms with Crippen molar-refractivity contribution < 1.29 is 9.84 Å². The second-order valence-corrected chi connectivity index (χ2v) is 3.86. The van der Waals surface area contributed by atoms with Crippen molar-refractivity contribution in [2.75, 3.05) is 0 Å². The summed E-state index contributed by atoms with van der Waals surface area (Å²) in [4.78, 5) is 24.5. The number of rotatable bonds is 2. The summed E-state index contributed by atoms with van der Waals surface area (Å²) in [6.07, 6.45) is 1.14. The van der Waals surface area contributed by atoms with E-state index in [0.29, 0.717) is 12.8 Å². The van der Waals surface area contributed by atoms with Crippen molar-refractivity contribution in [2.45, 2.75) is 38.2 Å². The highest BCUT2D eigenvalue weighted by Crippen LogP contribution is 2.28. The SMILES string of the molecule is CCC1O[C@@H](n2ccc(=O)[nH]c2=O)CC1O. The fourth-order valence-corrected chi connectivity index (χ4v) is 1.91. The van der Waals surface area contributed by atoms with Gasteiger partial charge in [-0.05, 0) is 6.42 Å². The van der Waals surface area contributed by atoms with E-state index in [9.17, 15) is 14.7 Å². The summed E-state index contributed by atoms with van der Waals surface area (Å²) in [6.45, 7) is 1.91. The molecule has 16 heavy (non-hydrogen) atoms. The molecular formula is C10H14N2O4. The van der Waals surface area contributed by atoms with Crippen molar-refractivity contribution in [2.24, 2.45) is 0 Å². The summed E-state index contributed by atoms with van der Waals surface area (Å²) in [6, 6.07) is 1.26. The van der Waals surface area contributed by atoms with Crippen LogP contribution in [0.1, 0.15) is 26.0 Å². The van der Waals surface area contributed by atoms with Crippen LogP contribution in [0, 0.1) is 0 Å². The zero-order valence-corrected chi connectivity index (χ0v) is 8.92. The Balaban J connectivity index is 2.27. The number of nitrogens with one attached hydrogen (secondary N) is 1. The van der Waals surface area contributed by atoms with E-state index in [4.69, 9.17) is 4.74 Å². The van der Waals surface area contributed by atoms with Gasteiger partial charge in [0.05, 0.1) is 12.2 Å². The predicted octanol–water partition coefficient (Wildman–Crippen LogP) is -0.405. The quantitative estimate of drug-likeness (QED) is 0.718. The van der Waals surface area contributed by atoms with E-state index in [2.05, 4.69) is 4.98 Å². The summed E-state index contributed by atoms with van der Waals surface area (Å²) in [5, 5.41) is 9.65. The number of hydrogen-bond donors (Lipinski definition) is 2. The van der Waals surface area contributed by atoms with E-state index in [1.165, 1.54) is 16.8 Å². The highest BCUT2D eigenvalue weighted by Gasteiger charge is 2.33. The molecule has 0 saturated carbocycles. The molecule has 1 aliphatic rings. The van der Waals surface area contributed by atoms with E-state index in [1.807, 2.05) is 6.92 Å². The molecule has 1 fully saturated rings. The first-order chi connectivity index (χ1) is 7.61. The number of nitrogens with zero attached hydrogens (tertiary/aromatic N) is 1. The van der Waals surface area contributed by atoms with Gasteiger partial charge in [-0.2, -0.15) is 0 Å². The first kappa shape index (κ1) is 11.1. The van der Waals surface area contributed by atoms with Gasteiger partial charge in [0.1, 0.15) is 6.23 Å². The van der Waals surface area contributed by atoms with E-state index in [1.54, 1.807) is 0 Å². The van der Waals surface area contributed by atoms with Crippen LogP contribution in [0.3, 0.4) is 0 Å². The van der Waals surface area contributed by atoms with Crippen LogP contribution in [0.5, 0.6) is 0 Å². The number of H-pyrrole nitrogens is 1. The van der Waals surface area contributed by atoms with Crippen LogP contribution in [0.25, 0.3) is 0 Å². The third kappa shape index (κ3) is 1.94. The summed E-state index contributed by atoms with van der Waals surface area (Å²) in [5.74, 6) is 0. The van der Waals surface area contributed by atoms with E-state index < -0.39 is 23.6 Å². The number of aromatic nitrogens is 2. The average molecular weight is 226 g/mol. The van der Waals surface area contributed by atoms with Gasteiger partial charge in [0.2, 0.25) is 0 Å². The van der Waals surface area contributed by atoms with Crippen molar-refractivity contribution >= 4 is 0 Å². The van der Waals surface area contributed by atoms with Gasteiger partial charge in [-0.25, -0.2) is 4.79 Å². The maximum atomic E-state index is 11.5. The molecule has 88 valence electrons. The molecule has 3 atom stereocenters. The maximum absolute atomic E-state index is 11.5. The molecule has 0 aliphatic carbocycles. The first-order valence-electron chi connectivity index (χ1n) is 5.27. The topological polar surface area (TPSA) is 84.3 Å². The normalized spacial score (nSPS) is 29.5. The lowest BCUT2D eigenvalue weighted by atomic mass is 10.1. The second-order valence-electron chi connectivity index (χ2n) is 3.86. The van der Waals surface area contributed by atoms with Crippen molar-refractivity contribution in [3.05, 3.63) is 33.1 Å². The summed E-state index contributed by atoms with van der Waals surface area (Å²) in [5.41, 5.74) is -0.951. The predicted molar refractivity (Wildman–Crippen MR) is 56.1 cm³/mol. The molecule has 0 spiro atoms. The van der Waals surface area contributed by atoms with Crippen molar-refractivity contribution in [3.63, 3.8) is 0 Å². The number of hydrogen-bond acceptors (Lipinski definition) is 4. The van der Waals surface area contributed by atoms with Gasteiger partial charge in [-0.1, -0.05) is 6.92 Å². The Morgan fingerprint density at radius 3 is 2.94 bits per heavy atom. The maximum Gasteiger partial charge on any atom is 0.330 e. The minimum atomic E-state index is -0.561. The molecule has 1 saturated heterocycles. The van der Waals surface area contributed by atoms with Gasteiger partial charge in [0, 0.05) is 18.7 Å². The summed E-state index contributed by atoms with van der Waals surface area (Å²) < 4.78 is 6.81. The lowest BCUT2D eigenvalue weighted by Gasteiger charge is -2.14. The molecule has 1 aliphatic heterocycles. The van der Waals surface area contributed by atoms with Crippen LogP contribution in [-0.2, 0) is 4.74 Å². The minimum absolute atomic E-state index is 0.246. The van der Waals surface area contributed by atoms with E-state index >= 15 is 0 Å². The number of aliphatic hydroxyl groups excluding tert-OH is 1. The fraction of sp³-hybridized carbons (Fsp3) is 0.600. The van der Waals surface area contributed by atoms with Gasteiger partial charge in [0.15, 0.2) is 0 Å². The lowest BCUT2D eigenvalue weighted by molar-refractivity contribution is -0.0217. The molecular weight excluding hydrogens is 212 g/mol. The van der Waals surface area contributed by atoms with Crippen LogP contribution < -0.4 is 11.2 Å². The van der Waals surface area contributed by atoms with E-state index in [0.717, 1.165) is 0 Å². The van der Waals surface area contributed by atoms with Gasteiger partial charge >= 0.3 is 5.69 Å². The van der Waals surface area contributed by atoms with Crippen LogP contribution in [-0.4, -0.2) is 26.9 Å². The average Bonchev–Trinajstić information content (AvgIpc) is 2.59. The molecule has 2 rings (SSSR count). The first-order valence-corrected chi connectivity index (χ1v) is 5.27. The minimum Gasteiger partial charge on any atom is -0.390 e. The van der Waals surface area contributed by atoms with Gasteiger partial charge in [-0.3, -0.25) is 14.3 Å². The van der Waals surface area contributed by atoms with Crippen LogP contribution in [0.4, 0.5) is 0 Å². The zero-order chi connectivity index (χ0) is 11.7. The monoisotopic (exact) mass is 226 g/mol. The molecule has 0 radical (unpaired) electrons. The number of ether oxygens (including phenoxy) is 1. The van der Waals surface area contributed by atoms with Gasteiger partial charge < -0.3 is 9.84 Å². The molecule has 6 nitrogen and oxygen atoms in total. The lowest BCUT2D eigenvalue weighted by Crippen LogP contribution is -2.31. The Labute approximate surface area is 91.5 Å². The standard InChI is InChI=1S/C10H14N2O4/c1-2-7-6(13)5-9(16-7)12-4-3-8(14)11-10(12)15/h3-4,6-7,9,13H,2,5H2,1H3,(H,11,14,15)/t6?,7?,9-/m1/s1. The van der Waals surface area contributed by atoms with Crippen LogP contribution >= 0.6 is 0 Å². The molecule has 1 aromatic rings. The molecule has 0 amide bonds. The van der Waals surface area contributed by atoms with Crippen LogP contribution in [0.15, 0.2) is 21.9 Å². The Hall–Kier alpha value is -1.40. The van der Waals surface area contributed by atoms with Gasteiger partial charge in [0.25, 0.3) is 5.56 Å². The zero-order valence-electron chi connectivity index (χ0n) is 8.92. The molecule has 2 unspecified atom stereocenters. The Kier molecular flexibility index (Phi) is 2.93. The van der Waals surface area contributed by atoms with Gasteiger partial charge in [-0.15, -0.1) is 0 Å². The van der Waals surface area contributed by atoms with Crippen molar-refractivity contribution in [1.82, 2.24) is 9.55 Å². The highest BCUT2D eigenvalue weighted by atomic mass is 16.5. The highest BCUT2D eigenvalue weighted by molar-refractivity contribution is 4.87. The summed E-state index contributed by atoms with van der Waals surface area (Å²) in [7, 11) is 0. The number of aromatic amines is 1. The second kappa shape index (κ2) is 4.23. The summed E-state index contributed by atoms with van der Waals surface area (Å²) >= 11 is 0. The molecule has 2 N–H and O–H groups in total. The molecule has 6 heteroatoms. The largest absolute Gasteiger partial charge is 0.390 e. The molecule has 0 bridgehead atoms. The molecule has 2 heterocycles. The Morgan fingerprint density at radius 1 is 1.62 bits per heavy atom. The smallest absolute Gasteiger partial charge is 0.330 e. The van der Waals surface area contributed by atoms with Crippen molar-refractivity contribution in [1.29, 1.82) is 0 Å². The molecule has 0 aromatic carbocycles. The fourth-order valence-electron chi connectivity index (χ4n) is 1.91. The van der Waals surface area contributed by atoms with Crippen LogP contribution in [0.2, 0.25) is 0 Å². The Morgan fingerprint density at radius 2 is 2.38 bits per heavy atom. The van der Waals surface area contributed by atoms with E-state index in [-0.39, 0.29) is 6.10 Å². The third-order valence-corrected chi connectivity index (χ3v) is 2.77. The third-order valence-electron chi connectivity index (χ3n) is 2.77. The van der Waals surface area contributed by atoms with Crippen molar-refractivity contribution in [3.8, 4) is 0 Å².